The molecule has 1 heterocycles. The molecule has 1 aliphatic rings. The minimum absolute atomic E-state index is 0.111. The van der Waals surface area contributed by atoms with E-state index in [1.165, 1.54) is 22.3 Å². The highest BCUT2D eigenvalue weighted by atomic mass is 15.0. The Balaban J connectivity index is 1.57. The first-order valence-corrected chi connectivity index (χ1v) is 7.99. The predicted octanol–water partition coefficient (Wildman–Crippen LogP) is 2.34. The Bertz CT molecular complexity index is 638. The monoisotopic (exact) mass is 295 g/mol. The van der Waals surface area contributed by atoms with Crippen LogP contribution in [0, 0.1) is 0 Å². The first-order valence-electron chi connectivity index (χ1n) is 7.99. The van der Waals surface area contributed by atoms with Gasteiger partial charge in [0, 0.05) is 31.7 Å². The van der Waals surface area contributed by atoms with Crippen LogP contribution in [0.2, 0.25) is 0 Å². The fourth-order valence-electron chi connectivity index (χ4n) is 3.17. The van der Waals surface area contributed by atoms with Crippen LogP contribution in [0.4, 0.5) is 0 Å². The molecule has 3 heteroatoms. The van der Waals surface area contributed by atoms with Crippen LogP contribution < -0.4 is 16.4 Å². The van der Waals surface area contributed by atoms with E-state index in [-0.39, 0.29) is 5.54 Å². The molecule has 0 saturated heterocycles. The van der Waals surface area contributed by atoms with Gasteiger partial charge in [-0.05, 0) is 35.6 Å². The topological polar surface area (TPSA) is 50.1 Å². The summed E-state index contributed by atoms with van der Waals surface area (Å²) in [7, 11) is 0. The van der Waals surface area contributed by atoms with Crippen molar-refractivity contribution in [1.82, 2.24) is 10.6 Å². The second-order valence-corrected chi connectivity index (χ2v) is 6.49. The van der Waals surface area contributed by atoms with Gasteiger partial charge in [0.25, 0.3) is 0 Å². The molecule has 0 saturated carbocycles. The third kappa shape index (κ3) is 3.55. The molecule has 0 amide bonds. The zero-order valence-corrected chi connectivity index (χ0v) is 13.2. The molecule has 4 N–H and O–H groups in total. The van der Waals surface area contributed by atoms with Crippen LogP contribution in [0.5, 0.6) is 0 Å². The molecule has 0 bridgehead atoms. The van der Waals surface area contributed by atoms with E-state index in [9.17, 15) is 0 Å². The van der Waals surface area contributed by atoms with E-state index in [0.29, 0.717) is 6.54 Å². The third-order valence-corrected chi connectivity index (χ3v) is 4.48. The van der Waals surface area contributed by atoms with Gasteiger partial charge in [-0.2, -0.15) is 0 Å². The van der Waals surface area contributed by atoms with Crippen LogP contribution in [0.15, 0.2) is 48.5 Å². The van der Waals surface area contributed by atoms with Gasteiger partial charge in [0.15, 0.2) is 0 Å². The fourth-order valence-corrected chi connectivity index (χ4v) is 3.17. The minimum Gasteiger partial charge on any atom is -0.326 e. The van der Waals surface area contributed by atoms with Crippen molar-refractivity contribution in [2.45, 2.75) is 38.5 Å². The second kappa shape index (κ2) is 6.61. The van der Waals surface area contributed by atoms with Gasteiger partial charge >= 0.3 is 0 Å². The van der Waals surface area contributed by atoms with Gasteiger partial charge in [-0.1, -0.05) is 48.5 Å². The maximum absolute atomic E-state index is 5.70. The van der Waals surface area contributed by atoms with Crippen molar-refractivity contribution in [3.63, 3.8) is 0 Å². The Morgan fingerprint density at radius 3 is 2.68 bits per heavy atom. The Morgan fingerprint density at radius 1 is 1.09 bits per heavy atom. The van der Waals surface area contributed by atoms with Crippen molar-refractivity contribution >= 4 is 0 Å². The smallest absolute Gasteiger partial charge is 0.0321 e. The van der Waals surface area contributed by atoms with Gasteiger partial charge in [0.1, 0.15) is 0 Å². The summed E-state index contributed by atoms with van der Waals surface area (Å²) in [6.07, 6.45) is 1.07. The lowest BCUT2D eigenvalue weighted by atomic mass is 9.86. The van der Waals surface area contributed by atoms with Crippen LogP contribution in [0.1, 0.15) is 29.2 Å². The molecular formula is C19H25N3. The molecule has 1 atom stereocenters. The molecule has 2 aromatic rings. The van der Waals surface area contributed by atoms with Crippen molar-refractivity contribution in [3.8, 4) is 0 Å². The predicted molar refractivity (Wildman–Crippen MR) is 91.4 cm³/mol. The number of fused-ring (bicyclic) bond motifs is 1. The normalized spacial score (nSPS) is 20.6. The van der Waals surface area contributed by atoms with Crippen LogP contribution >= 0.6 is 0 Å². The molecule has 116 valence electrons. The summed E-state index contributed by atoms with van der Waals surface area (Å²) in [6.45, 7) is 5.69. The number of nitrogens with one attached hydrogen (secondary N) is 2. The number of nitrogens with two attached hydrogens (primary N) is 1. The number of benzene rings is 2. The van der Waals surface area contributed by atoms with Crippen LogP contribution in [-0.4, -0.2) is 12.1 Å². The van der Waals surface area contributed by atoms with E-state index in [4.69, 9.17) is 5.73 Å². The van der Waals surface area contributed by atoms with E-state index in [0.717, 1.165) is 26.1 Å². The molecule has 0 fully saturated rings. The van der Waals surface area contributed by atoms with Crippen molar-refractivity contribution in [2.24, 2.45) is 5.73 Å². The zero-order valence-electron chi connectivity index (χ0n) is 13.2. The summed E-state index contributed by atoms with van der Waals surface area (Å²) < 4.78 is 0. The average molecular weight is 295 g/mol. The molecule has 3 nitrogen and oxygen atoms in total. The van der Waals surface area contributed by atoms with Crippen LogP contribution in [0.3, 0.4) is 0 Å². The SMILES string of the molecule is CC1(CNCc2cccc(CN)c2)Cc2ccccc2CN1. The van der Waals surface area contributed by atoms with Gasteiger partial charge in [0.2, 0.25) is 0 Å². The fraction of sp³-hybridized carbons (Fsp3) is 0.368. The number of hydrogen-bond acceptors (Lipinski definition) is 3. The van der Waals surface area contributed by atoms with Gasteiger partial charge in [0.05, 0.1) is 0 Å². The molecule has 3 rings (SSSR count). The van der Waals surface area contributed by atoms with E-state index >= 15 is 0 Å². The highest BCUT2D eigenvalue weighted by molar-refractivity contribution is 5.31. The zero-order chi connectivity index (χ0) is 15.4. The molecule has 0 spiro atoms. The van der Waals surface area contributed by atoms with Crippen molar-refractivity contribution in [2.75, 3.05) is 6.54 Å². The molecular weight excluding hydrogens is 270 g/mol. The molecule has 2 aromatic carbocycles. The van der Waals surface area contributed by atoms with E-state index in [2.05, 4.69) is 66.1 Å². The summed E-state index contributed by atoms with van der Waals surface area (Å²) in [6, 6.07) is 17.2. The van der Waals surface area contributed by atoms with Gasteiger partial charge in [-0.3, -0.25) is 0 Å². The maximum Gasteiger partial charge on any atom is 0.0321 e. The van der Waals surface area contributed by atoms with Gasteiger partial charge < -0.3 is 16.4 Å². The first kappa shape index (κ1) is 15.2. The van der Waals surface area contributed by atoms with Crippen molar-refractivity contribution in [1.29, 1.82) is 0 Å². The summed E-state index contributed by atoms with van der Waals surface area (Å²) in [5.74, 6) is 0. The largest absolute Gasteiger partial charge is 0.326 e. The first-order chi connectivity index (χ1) is 10.7. The summed E-state index contributed by atoms with van der Waals surface area (Å²) in [4.78, 5) is 0. The molecule has 1 unspecified atom stereocenters. The highest BCUT2D eigenvalue weighted by Crippen LogP contribution is 2.22. The van der Waals surface area contributed by atoms with E-state index in [1.54, 1.807) is 0 Å². The van der Waals surface area contributed by atoms with E-state index in [1.807, 2.05) is 0 Å². The Hall–Kier alpha value is -1.68. The molecule has 0 radical (unpaired) electrons. The summed E-state index contributed by atoms with van der Waals surface area (Å²) in [5, 5.41) is 7.27. The van der Waals surface area contributed by atoms with Gasteiger partial charge in [-0.15, -0.1) is 0 Å². The number of hydrogen-bond donors (Lipinski definition) is 3. The van der Waals surface area contributed by atoms with Crippen molar-refractivity contribution < 1.29 is 0 Å². The minimum atomic E-state index is 0.111. The molecule has 0 aromatic heterocycles. The highest BCUT2D eigenvalue weighted by Gasteiger charge is 2.28. The van der Waals surface area contributed by atoms with Crippen LogP contribution in [0.25, 0.3) is 0 Å². The van der Waals surface area contributed by atoms with E-state index < -0.39 is 0 Å². The Labute approximate surface area is 132 Å². The van der Waals surface area contributed by atoms with Gasteiger partial charge in [-0.25, -0.2) is 0 Å². The molecule has 22 heavy (non-hydrogen) atoms. The van der Waals surface area contributed by atoms with Crippen molar-refractivity contribution in [3.05, 3.63) is 70.8 Å². The summed E-state index contributed by atoms with van der Waals surface area (Å²) >= 11 is 0. The Kier molecular flexibility index (Phi) is 4.57. The third-order valence-electron chi connectivity index (χ3n) is 4.48. The number of rotatable bonds is 5. The average Bonchev–Trinajstić information content (AvgIpc) is 2.55. The van der Waals surface area contributed by atoms with Crippen LogP contribution in [-0.2, 0) is 26.1 Å². The molecule has 1 aliphatic heterocycles. The quantitative estimate of drug-likeness (QED) is 0.793. The lowest BCUT2D eigenvalue weighted by Gasteiger charge is -2.36. The molecule has 0 aliphatic carbocycles. The second-order valence-electron chi connectivity index (χ2n) is 6.49. The Morgan fingerprint density at radius 2 is 1.86 bits per heavy atom. The maximum atomic E-state index is 5.70. The summed E-state index contributed by atoms with van der Waals surface area (Å²) in [5.41, 5.74) is 11.2. The lowest BCUT2D eigenvalue weighted by Crippen LogP contribution is -2.53. The lowest BCUT2D eigenvalue weighted by molar-refractivity contribution is 0.313. The standard InChI is InChI=1S/C19H25N3/c1-19(10-17-7-2-3-8-18(17)13-22-19)14-21-12-16-6-4-5-15(9-16)11-20/h2-9,21-22H,10-14,20H2,1H3.